The van der Waals surface area contributed by atoms with Crippen LogP contribution in [0.15, 0.2) is 18.3 Å². The van der Waals surface area contributed by atoms with Crippen LogP contribution in [0.4, 0.5) is 0 Å². The molecule has 2 heterocycles. The lowest BCUT2D eigenvalue weighted by Gasteiger charge is -2.22. The predicted octanol–water partition coefficient (Wildman–Crippen LogP) is 1.51. The van der Waals surface area contributed by atoms with Gasteiger partial charge in [-0.2, -0.15) is 0 Å². The third-order valence-corrected chi connectivity index (χ3v) is 3.28. The van der Waals surface area contributed by atoms with E-state index < -0.39 is 6.04 Å². The Morgan fingerprint density at radius 2 is 2.33 bits per heavy atom. The lowest BCUT2D eigenvalue weighted by Crippen LogP contribution is -2.41. The SMILES string of the molecule is COC(=O)C1CCCN1C(=O)c1cccnc1Cl. The number of methoxy groups -OCH3 is 1. The van der Waals surface area contributed by atoms with E-state index in [2.05, 4.69) is 4.98 Å². The summed E-state index contributed by atoms with van der Waals surface area (Å²) in [5.74, 6) is -0.665. The molecule has 6 heteroatoms. The highest BCUT2D eigenvalue weighted by Crippen LogP contribution is 2.23. The van der Waals surface area contributed by atoms with Gasteiger partial charge in [-0.25, -0.2) is 9.78 Å². The van der Waals surface area contributed by atoms with Gasteiger partial charge in [0.1, 0.15) is 11.2 Å². The first kappa shape index (κ1) is 12.8. The van der Waals surface area contributed by atoms with Gasteiger partial charge >= 0.3 is 5.97 Å². The monoisotopic (exact) mass is 268 g/mol. The van der Waals surface area contributed by atoms with Gasteiger partial charge < -0.3 is 9.64 Å². The molecule has 0 aromatic carbocycles. The molecule has 0 saturated carbocycles. The number of aromatic nitrogens is 1. The van der Waals surface area contributed by atoms with E-state index in [0.717, 1.165) is 6.42 Å². The molecule has 1 atom stereocenters. The Balaban J connectivity index is 2.23. The van der Waals surface area contributed by atoms with Crippen molar-refractivity contribution in [1.82, 2.24) is 9.88 Å². The maximum Gasteiger partial charge on any atom is 0.328 e. The van der Waals surface area contributed by atoms with Gasteiger partial charge in [0.25, 0.3) is 5.91 Å². The number of amides is 1. The number of esters is 1. The number of carbonyl (C=O) groups excluding carboxylic acids is 2. The third-order valence-electron chi connectivity index (χ3n) is 2.98. The van der Waals surface area contributed by atoms with E-state index in [1.54, 1.807) is 12.1 Å². The first-order valence-corrected chi connectivity index (χ1v) is 6.02. The Labute approximate surface area is 110 Å². The highest BCUT2D eigenvalue weighted by Gasteiger charge is 2.35. The van der Waals surface area contributed by atoms with Crippen molar-refractivity contribution in [3.05, 3.63) is 29.0 Å². The van der Waals surface area contributed by atoms with Crippen LogP contribution in [-0.4, -0.2) is 41.5 Å². The summed E-state index contributed by atoms with van der Waals surface area (Å²) in [5, 5.41) is 0.151. The van der Waals surface area contributed by atoms with Crippen molar-refractivity contribution in [1.29, 1.82) is 0 Å². The van der Waals surface area contributed by atoms with Crippen LogP contribution >= 0.6 is 11.6 Å². The highest BCUT2D eigenvalue weighted by molar-refractivity contribution is 6.32. The number of ether oxygens (including phenoxy) is 1. The van der Waals surface area contributed by atoms with Crippen LogP contribution < -0.4 is 0 Å². The highest BCUT2D eigenvalue weighted by atomic mass is 35.5. The molecule has 0 spiro atoms. The summed E-state index contributed by atoms with van der Waals surface area (Å²) in [6.45, 7) is 0.532. The second-order valence-electron chi connectivity index (χ2n) is 4.02. The van der Waals surface area contributed by atoms with Crippen molar-refractivity contribution < 1.29 is 14.3 Å². The van der Waals surface area contributed by atoms with Crippen molar-refractivity contribution >= 4 is 23.5 Å². The average molecular weight is 269 g/mol. The van der Waals surface area contributed by atoms with Crippen LogP contribution in [0, 0.1) is 0 Å². The van der Waals surface area contributed by atoms with Crippen LogP contribution in [-0.2, 0) is 9.53 Å². The fraction of sp³-hybridized carbons (Fsp3) is 0.417. The molecule has 1 aliphatic heterocycles. The first-order valence-electron chi connectivity index (χ1n) is 5.64. The number of hydrogen-bond donors (Lipinski definition) is 0. The smallest absolute Gasteiger partial charge is 0.328 e. The molecule has 0 radical (unpaired) electrons. The summed E-state index contributed by atoms with van der Waals surface area (Å²) in [5.41, 5.74) is 0.315. The predicted molar refractivity (Wildman–Crippen MR) is 65.3 cm³/mol. The second kappa shape index (κ2) is 5.35. The van der Waals surface area contributed by atoms with Crippen molar-refractivity contribution in [2.24, 2.45) is 0 Å². The van der Waals surface area contributed by atoms with Gasteiger partial charge in [-0.1, -0.05) is 11.6 Å². The largest absolute Gasteiger partial charge is 0.467 e. The van der Waals surface area contributed by atoms with E-state index in [0.29, 0.717) is 18.5 Å². The lowest BCUT2D eigenvalue weighted by atomic mass is 10.2. The van der Waals surface area contributed by atoms with Crippen molar-refractivity contribution in [2.45, 2.75) is 18.9 Å². The molecule has 1 aromatic rings. The summed E-state index contributed by atoms with van der Waals surface area (Å²) >= 11 is 5.88. The van der Waals surface area contributed by atoms with E-state index in [1.807, 2.05) is 0 Å². The summed E-state index contributed by atoms with van der Waals surface area (Å²) < 4.78 is 4.70. The fourth-order valence-corrected chi connectivity index (χ4v) is 2.29. The van der Waals surface area contributed by atoms with E-state index >= 15 is 0 Å². The van der Waals surface area contributed by atoms with E-state index in [1.165, 1.54) is 18.2 Å². The molecule has 1 unspecified atom stereocenters. The molecule has 1 fully saturated rings. The summed E-state index contributed by atoms with van der Waals surface area (Å²) in [6.07, 6.45) is 2.92. The molecule has 5 nitrogen and oxygen atoms in total. The second-order valence-corrected chi connectivity index (χ2v) is 4.38. The fourth-order valence-electron chi connectivity index (χ4n) is 2.09. The van der Waals surface area contributed by atoms with Gasteiger partial charge in [-0.05, 0) is 25.0 Å². The molecule has 0 aliphatic carbocycles. The zero-order chi connectivity index (χ0) is 13.1. The van der Waals surface area contributed by atoms with Crippen molar-refractivity contribution in [3.8, 4) is 0 Å². The third kappa shape index (κ3) is 2.31. The van der Waals surface area contributed by atoms with Crippen molar-refractivity contribution in [3.63, 3.8) is 0 Å². The Kier molecular flexibility index (Phi) is 3.81. The van der Waals surface area contributed by atoms with Gasteiger partial charge in [0.05, 0.1) is 12.7 Å². The number of likely N-dealkylation sites (tertiary alicyclic amines) is 1. The van der Waals surface area contributed by atoms with Gasteiger partial charge in [0, 0.05) is 12.7 Å². The normalized spacial score (nSPS) is 18.8. The van der Waals surface area contributed by atoms with E-state index in [-0.39, 0.29) is 17.0 Å². The van der Waals surface area contributed by atoms with E-state index in [9.17, 15) is 9.59 Å². The van der Waals surface area contributed by atoms with Gasteiger partial charge in [0.15, 0.2) is 0 Å². The number of hydrogen-bond acceptors (Lipinski definition) is 4. The van der Waals surface area contributed by atoms with Crippen LogP contribution in [0.25, 0.3) is 0 Å². The van der Waals surface area contributed by atoms with Gasteiger partial charge in [0.2, 0.25) is 0 Å². The number of pyridine rings is 1. The van der Waals surface area contributed by atoms with Crippen molar-refractivity contribution in [2.75, 3.05) is 13.7 Å². The Bertz CT molecular complexity index is 478. The van der Waals surface area contributed by atoms with Gasteiger partial charge in [-0.3, -0.25) is 4.79 Å². The Hall–Kier alpha value is -1.62. The molecule has 1 saturated heterocycles. The Morgan fingerprint density at radius 3 is 3.00 bits per heavy atom. The lowest BCUT2D eigenvalue weighted by molar-refractivity contribution is -0.145. The Morgan fingerprint density at radius 1 is 1.56 bits per heavy atom. The molecular formula is C12H13ClN2O3. The summed E-state index contributed by atoms with van der Waals surface area (Å²) in [4.78, 5) is 29.2. The standard InChI is InChI=1S/C12H13ClN2O3/c1-18-12(17)9-5-3-7-15(9)11(16)8-4-2-6-14-10(8)13/h2,4,6,9H,3,5,7H2,1H3. The van der Waals surface area contributed by atoms with Crippen LogP contribution in [0.1, 0.15) is 23.2 Å². The molecule has 1 amide bonds. The molecular weight excluding hydrogens is 256 g/mol. The minimum Gasteiger partial charge on any atom is -0.467 e. The maximum absolute atomic E-state index is 12.3. The van der Waals surface area contributed by atoms with Crippen LogP contribution in [0.2, 0.25) is 5.15 Å². The van der Waals surface area contributed by atoms with Crippen LogP contribution in [0.5, 0.6) is 0 Å². The number of carbonyl (C=O) groups is 2. The maximum atomic E-state index is 12.3. The molecule has 1 aliphatic rings. The number of nitrogens with zero attached hydrogens (tertiary/aromatic N) is 2. The number of halogens is 1. The molecule has 1 aromatic heterocycles. The molecule has 18 heavy (non-hydrogen) atoms. The molecule has 2 rings (SSSR count). The molecule has 0 bridgehead atoms. The zero-order valence-electron chi connectivity index (χ0n) is 9.93. The minimum atomic E-state index is -0.515. The van der Waals surface area contributed by atoms with Crippen LogP contribution in [0.3, 0.4) is 0 Å². The first-order chi connectivity index (χ1) is 8.65. The average Bonchev–Trinajstić information content (AvgIpc) is 2.86. The number of rotatable bonds is 2. The molecule has 0 N–H and O–H groups in total. The zero-order valence-corrected chi connectivity index (χ0v) is 10.7. The quantitative estimate of drug-likeness (QED) is 0.603. The van der Waals surface area contributed by atoms with Gasteiger partial charge in [-0.15, -0.1) is 0 Å². The minimum absolute atomic E-state index is 0.151. The topological polar surface area (TPSA) is 59.5 Å². The molecule has 96 valence electrons. The van der Waals surface area contributed by atoms with E-state index in [4.69, 9.17) is 16.3 Å². The summed E-state index contributed by atoms with van der Waals surface area (Å²) in [6, 6.07) is 2.73. The summed E-state index contributed by atoms with van der Waals surface area (Å²) in [7, 11) is 1.32.